The molecule has 5 rings (SSSR count). The van der Waals surface area contributed by atoms with Crippen LogP contribution in [0.15, 0.2) is 72.8 Å². The van der Waals surface area contributed by atoms with Gasteiger partial charge in [0.25, 0.3) is 0 Å². The fraction of sp³-hybridized carbons (Fsp3) is 0.207. The van der Waals surface area contributed by atoms with Crippen LogP contribution in [0, 0.1) is 5.82 Å². The lowest BCUT2D eigenvalue weighted by atomic mass is 9.92. The number of hydrogen-bond acceptors (Lipinski definition) is 4. The molecule has 1 fully saturated rings. The van der Waals surface area contributed by atoms with Crippen LogP contribution >= 0.6 is 11.6 Å². The maximum Gasteiger partial charge on any atom is 0.335 e. The number of halogens is 2. The first-order valence-electron chi connectivity index (χ1n) is 11.8. The third-order valence-electron chi connectivity index (χ3n) is 6.32. The molecule has 1 aliphatic carbocycles. The molecule has 0 radical (unpaired) electrons. The second kappa shape index (κ2) is 10.7. The summed E-state index contributed by atoms with van der Waals surface area (Å²) in [5, 5.41) is 13.6. The number of morpholine rings is 1. The second-order valence-electron chi connectivity index (χ2n) is 8.77. The Morgan fingerprint density at radius 1 is 1.14 bits per heavy atom. The SMILES string of the molecule is O=C(O)c1cc(C2=C(c3cc(Cl)ccc3OCc3ccc(F)cc3)C=CC2)cc(C2CNCCO2)c1. The molecule has 1 heterocycles. The number of rotatable bonds is 7. The third-order valence-corrected chi connectivity index (χ3v) is 6.56. The van der Waals surface area contributed by atoms with Crippen LogP contribution in [0.25, 0.3) is 11.1 Å². The third kappa shape index (κ3) is 5.36. The van der Waals surface area contributed by atoms with E-state index in [0.29, 0.717) is 30.3 Å². The van der Waals surface area contributed by atoms with Crippen molar-refractivity contribution in [1.29, 1.82) is 0 Å². The van der Waals surface area contributed by atoms with Gasteiger partial charge in [-0.25, -0.2) is 9.18 Å². The fourth-order valence-corrected chi connectivity index (χ4v) is 4.70. The van der Waals surface area contributed by atoms with Crippen molar-refractivity contribution in [3.63, 3.8) is 0 Å². The van der Waals surface area contributed by atoms with Crippen LogP contribution in [0.3, 0.4) is 0 Å². The van der Waals surface area contributed by atoms with Crippen molar-refractivity contribution in [1.82, 2.24) is 5.32 Å². The van der Waals surface area contributed by atoms with Crippen LogP contribution in [-0.2, 0) is 11.3 Å². The summed E-state index contributed by atoms with van der Waals surface area (Å²) in [6.45, 7) is 2.25. The standard InChI is InChI=1S/C29H25ClFNO4/c30-22-6-9-27(36-17-18-4-7-23(31)8-5-18)26(15-22)25-3-1-2-24(25)19-12-20(14-21(13-19)29(33)34)28-16-32-10-11-35-28/h1,3-9,12-15,28,32H,2,10-11,16-17H2,(H,33,34). The Bertz CT molecular complexity index is 1340. The first kappa shape index (κ1) is 24.3. The maximum atomic E-state index is 13.3. The van der Waals surface area contributed by atoms with E-state index in [-0.39, 0.29) is 24.1 Å². The summed E-state index contributed by atoms with van der Waals surface area (Å²) >= 11 is 6.37. The lowest BCUT2D eigenvalue weighted by Gasteiger charge is -2.25. The average Bonchev–Trinajstić information content (AvgIpc) is 3.39. The molecule has 5 nitrogen and oxygen atoms in total. The van der Waals surface area contributed by atoms with Crippen molar-refractivity contribution in [2.24, 2.45) is 0 Å². The smallest absolute Gasteiger partial charge is 0.335 e. The molecule has 3 aromatic carbocycles. The summed E-state index contributed by atoms with van der Waals surface area (Å²) in [4.78, 5) is 11.9. The number of ether oxygens (including phenoxy) is 2. The van der Waals surface area contributed by atoms with Crippen molar-refractivity contribution in [3.8, 4) is 5.75 Å². The molecule has 0 saturated carbocycles. The zero-order chi connectivity index (χ0) is 25.1. The lowest BCUT2D eigenvalue weighted by Crippen LogP contribution is -2.33. The first-order chi connectivity index (χ1) is 17.5. The normalized spacial score (nSPS) is 17.4. The molecular formula is C29H25ClFNO4. The molecule has 36 heavy (non-hydrogen) atoms. The van der Waals surface area contributed by atoms with Gasteiger partial charge in [-0.15, -0.1) is 0 Å². The molecule has 7 heteroatoms. The van der Waals surface area contributed by atoms with E-state index in [1.165, 1.54) is 12.1 Å². The van der Waals surface area contributed by atoms with Crippen molar-refractivity contribution < 1.29 is 23.8 Å². The van der Waals surface area contributed by atoms with Crippen LogP contribution in [-0.4, -0.2) is 30.8 Å². The van der Waals surface area contributed by atoms with Gasteiger partial charge in [-0.3, -0.25) is 0 Å². The van der Waals surface area contributed by atoms with Gasteiger partial charge in [0, 0.05) is 23.7 Å². The van der Waals surface area contributed by atoms with Crippen molar-refractivity contribution >= 4 is 28.7 Å². The Morgan fingerprint density at radius 2 is 1.97 bits per heavy atom. The number of allylic oxidation sites excluding steroid dienone is 4. The Kier molecular flexibility index (Phi) is 7.18. The zero-order valence-corrected chi connectivity index (χ0v) is 20.2. The van der Waals surface area contributed by atoms with Gasteiger partial charge < -0.3 is 19.9 Å². The number of benzene rings is 3. The van der Waals surface area contributed by atoms with Crippen LogP contribution in [0.5, 0.6) is 5.75 Å². The Morgan fingerprint density at radius 3 is 2.72 bits per heavy atom. The van der Waals surface area contributed by atoms with E-state index in [9.17, 15) is 14.3 Å². The van der Waals surface area contributed by atoms with Crippen LogP contribution < -0.4 is 10.1 Å². The van der Waals surface area contributed by atoms with Gasteiger partial charge in [0.2, 0.25) is 0 Å². The molecular weight excluding hydrogens is 481 g/mol. The highest BCUT2D eigenvalue weighted by atomic mass is 35.5. The summed E-state index contributed by atoms with van der Waals surface area (Å²) in [6.07, 6.45) is 4.49. The summed E-state index contributed by atoms with van der Waals surface area (Å²) in [7, 11) is 0. The van der Waals surface area contributed by atoms with Crippen molar-refractivity contribution in [2.75, 3.05) is 19.7 Å². The molecule has 1 atom stereocenters. The molecule has 184 valence electrons. The highest BCUT2D eigenvalue weighted by Crippen LogP contribution is 2.41. The Labute approximate surface area is 213 Å². The van der Waals surface area contributed by atoms with Gasteiger partial charge in [0.15, 0.2) is 0 Å². The molecule has 0 bridgehead atoms. The highest BCUT2D eigenvalue weighted by Gasteiger charge is 2.22. The zero-order valence-electron chi connectivity index (χ0n) is 19.5. The van der Waals surface area contributed by atoms with Gasteiger partial charge in [-0.05, 0) is 82.8 Å². The number of hydrogen-bond donors (Lipinski definition) is 2. The van der Waals surface area contributed by atoms with Gasteiger partial charge in [0.1, 0.15) is 18.2 Å². The quantitative estimate of drug-likeness (QED) is 0.395. The molecule has 0 spiro atoms. The maximum absolute atomic E-state index is 13.3. The molecule has 1 saturated heterocycles. The summed E-state index contributed by atoms with van der Waals surface area (Å²) in [5.74, 6) is -0.646. The minimum Gasteiger partial charge on any atom is -0.488 e. The summed E-state index contributed by atoms with van der Waals surface area (Å²) < 4.78 is 25.3. The molecule has 3 aromatic rings. The lowest BCUT2D eigenvalue weighted by molar-refractivity contribution is 0.0276. The molecule has 2 aliphatic rings. The van der Waals surface area contributed by atoms with E-state index in [1.54, 1.807) is 30.3 Å². The predicted octanol–water partition coefficient (Wildman–Crippen LogP) is 6.29. The Balaban J connectivity index is 1.53. The summed E-state index contributed by atoms with van der Waals surface area (Å²) in [5.41, 5.74) is 5.42. The average molecular weight is 506 g/mol. The fourth-order valence-electron chi connectivity index (χ4n) is 4.53. The largest absolute Gasteiger partial charge is 0.488 e. The number of carboxylic acid groups (broad SMARTS) is 1. The van der Waals surface area contributed by atoms with E-state index < -0.39 is 5.97 Å². The van der Waals surface area contributed by atoms with Crippen molar-refractivity contribution in [3.05, 3.63) is 111 Å². The van der Waals surface area contributed by atoms with Gasteiger partial charge in [-0.2, -0.15) is 0 Å². The minimum atomic E-state index is -0.985. The molecule has 0 amide bonds. The molecule has 2 N–H and O–H groups in total. The first-order valence-corrected chi connectivity index (χ1v) is 12.1. The van der Waals surface area contributed by atoms with Gasteiger partial charge >= 0.3 is 5.97 Å². The molecule has 1 aliphatic heterocycles. The highest BCUT2D eigenvalue weighted by molar-refractivity contribution is 6.31. The predicted molar refractivity (Wildman–Crippen MR) is 138 cm³/mol. The van der Waals surface area contributed by atoms with Gasteiger partial charge in [0.05, 0.1) is 18.3 Å². The number of carbonyl (C=O) groups is 1. The van der Waals surface area contributed by atoms with E-state index in [2.05, 4.69) is 5.32 Å². The molecule has 0 aromatic heterocycles. The summed E-state index contributed by atoms with van der Waals surface area (Å²) in [6, 6.07) is 17.0. The molecule has 1 unspecified atom stereocenters. The van der Waals surface area contributed by atoms with E-state index in [4.69, 9.17) is 21.1 Å². The number of aromatic carboxylic acids is 1. The Hall–Kier alpha value is -3.45. The number of carboxylic acids is 1. The number of nitrogens with one attached hydrogen (secondary N) is 1. The second-order valence-corrected chi connectivity index (χ2v) is 9.20. The van der Waals surface area contributed by atoms with Crippen LogP contribution in [0.4, 0.5) is 4.39 Å². The van der Waals surface area contributed by atoms with E-state index in [0.717, 1.165) is 39.9 Å². The van der Waals surface area contributed by atoms with E-state index >= 15 is 0 Å². The van der Waals surface area contributed by atoms with E-state index in [1.807, 2.05) is 30.4 Å². The van der Waals surface area contributed by atoms with Crippen molar-refractivity contribution in [2.45, 2.75) is 19.1 Å². The van der Waals surface area contributed by atoms with Crippen LogP contribution in [0.2, 0.25) is 5.02 Å². The monoisotopic (exact) mass is 505 g/mol. The topological polar surface area (TPSA) is 67.8 Å². The van der Waals surface area contributed by atoms with Crippen LogP contribution in [0.1, 0.15) is 45.1 Å². The minimum absolute atomic E-state index is 0.212. The van der Waals surface area contributed by atoms with Gasteiger partial charge in [-0.1, -0.05) is 35.9 Å².